The molecule has 0 aliphatic rings. The highest BCUT2D eigenvalue weighted by atomic mass is 16.5. The normalized spacial score (nSPS) is 13.3. The lowest BCUT2D eigenvalue weighted by Gasteiger charge is -2.15. The Morgan fingerprint density at radius 1 is 1.22 bits per heavy atom. The topological polar surface area (TPSA) is 77.2 Å². The number of nitrogens with zero attached hydrogens (tertiary/aromatic N) is 1. The minimum absolute atomic E-state index is 0.120. The van der Waals surface area contributed by atoms with Crippen LogP contribution < -0.4 is 15.8 Å². The van der Waals surface area contributed by atoms with Crippen LogP contribution in [0.5, 0.6) is 11.6 Å². The second-order valence-corrected chi connectivity index (χ2v) is 5.82. The fourth-order valence-electron chi connectivity index (χ4n) is 1.96. The van der Waals surface area contributed by atoms with Crippen molar-refractivity contribution in [3.05, 3.63) is 47.7 Å². The summed E-state index contributed by atoms with van der Waals surface area (Å²) in [4.78, 5) is 16.2. The molecule has 0 aliphatic heterocycles. The molecule has 1 amide bonds. The maximum atomic E-state index is 12.0. The molecule has 2 unspecified atom stereocenters. The first kappa shape index (κ1) is 17.0. The standard InChI is InChI=1S/C18H23N3O2/c1-11-6-5-7-16(12(11)2)23-17-9-8-15(10-20-17)21-18(22)13(3)14(4)19/h5-10,13-14H,19H2,1-4H3,(H,21,22). The molecule has 2 aromatic rings. The Labute approximate surface area is 136 Å². The van der Waals surface area contributed by atoms with Crippen LogP contribution in [0.1, 0.15) is 25.0 Å². The zero-order valence-electron chi connectivity index (χ0n) is 14.0. The van der Waals surface area contributed by atoms with Gasteiger partial charge in [0.15, 0.2) is 0 Å². The largest absolute Gasteiger partial charge is 0.439 e. The Bertz CT molecular complexity index is 681. The third-order valence-corrected chi connectivity index (χ3v) is 3.98. The summed E-state index contributed by atoms with van der Waals surface area (Å²) in [5, 5.41) is 2.80. The van der Waals surface area contributed by atoms with Crippen LogP contribution in [0.2, 0.25) is 0 Å². The molecule has 0 bridgehead atoms. The van der Waals surface area contributed by atoms with Gasteiger partial charge in [-0.15, -0.1) is 0 Å². The van der Waals surface area contributed by atoms with E-state index >= 15 is 0 Å². The number of pyridine rings is 1. The smallest absolute Gasteiger partial charge is 0.228 e. The Hall–Kier alpha value is -2.40. The molecule has 1 heterocycles. The maximum Gasteiger partial charge on any atom is 0.228 e. The van der Waals surface area contributed by atoms with Gasteiger partial charge in [-0.25, -0.2) is 4.98 Å². The zero-order valence-corrected chi connectivity index (χ0v) is 14.0. The van der Waals surface area contributed by atoms with E-state index < -0.39 is 0 Å². The minimum atomic E-state index is -0.263. The number of amides is 1. The number of nitrogens with one attached hydrogen (secondary N) is 1. The third kappa shape index (κ3) is 4.29. The van der Waals surface area contributed by atoms with Crippen molar-refractivity contribution >= 4 is 11.6 Å². The van der Waals surface area contributed by atoms with Crippen molar-refractivity contribution in [2.75, 3.05) is 5.32 Å². The number of hydrogen-bond acceptors (Lipinski definition) is 4. The van der Waals surface area contributed by atoms with E-state index in [1.807, 2.05) is 39.0 Å². The van der Waals surface area contributed by atoms with Crippen LogP contribution >= 0.6 is 0 Å². The highest BCUT2D eigenvalue weighted by Gasteiger charge is 2.17. The monoisotopic (exact) mass is 313 g/mol. The highest BCUT2D eigenvalue weighted by molar-refractivity contribution is 5.92. The van der Waals surface area contributed by atoms with Gasteiger partial charge in [-0.2, -0.15) is 0 Å². The summed E-state index contributed by atoms with van der Waals surface area (Å²) in [6.07, 6.45) is 1.58. The molecule has 5 nitrogen and oxygen atoms in total. The number of anilines is 1. The molecule has 2 atom stereocenters. The maximum absolute atomic E-state index is 12.0. The van der Waals surface area contributed by atoms with E-state index in [0.717, 1.165) is 16.9 Å². The molecule has 1 aromatic carbocycles. The van der Waals surface area contributed by atoms with Gasteiger partial charge in [0, 0.05) is 12.1 Å². The van der Waals surface area contributed by atoms with Crippen molar-refractivity contribution in [2.24, 2.45) is 11.7 Å². The molecule has 23 heavy (non-hydrogen) atoms. The molecular formula is C18H23N3O2. The number of rotatable bonds is 5. The van der Waals surface area contributed by atoms with Crippen molar-refractivity contribution in [1.82, 2.24) is 4.98 Å². The summed E-state index contributed by atoms with van der Waals surface area (Å²) < 4.78 is 5.79. The van der Waals surface area contributed by atoms with Crippen molar-refractivity contribution in [2.45, 2.75) is 33.7 Å². The number of carbonyl (C=O) groups excluding carboxylic acids is 1. The van der Waals surface area contributed by atoms with Crippen molar-refractivity contribution in [3.8, 4) is 11.6 Å². The van der Waals surface area contributed by atoms with E-state index in [9.17, 15) is 4.79 Å². The molecule has 122 valence electrons. The van der Waals surface area contributed by atoms with Crippen LogP contribution in [0.4, 0.5) is 5.69 Å². The molecule has 0 saturated heterocycles. The first-order chi connectivity index (χ1) is 10.9. The Morgan fingerprint density at radius 2 is 1.96 bits per heavy atom. The lowest BCUT2D eigenvalue weighted by atomic mass is 10.0. The summed E-state index contributed by atoms with van der Waals surface area (Å²) in [6, 6.07) is 9.18. The lowest BCUT2D eigenvalue weighted by molar-refractivity contribution is -0.119. The van der Waals surface area contributed by atoms with Crippen molar-refractivity contribution in [3.63, 3.8) is 0 Å². The molecule has 0 saturated carbocycles. The van der Waals surface area contributed by atoms with Crippen LogP contribution in [0.25, 0.3) is 0 Å². The number of nitrogens with two attached hydrogens (primary N) is 1. The number of benzene rings is 1. The molecule has 5 heteroatoms. The van der Waals surface area contributed by atoms with Crippen LogP contribution in [-0.4, -0.2) is 16.9 Å². The van der Waals surface area contributed by atoms with Crippen LogP contribution in [0.3, 0.4) is 0 Å². The number of aryl methyl sites for hydroxylation is 1. The molecule has 0 radical (unpaired) electrons. The van der Waals surface area contributed by atoms with E-state index in [4.69, 9.17) is 10.5 Å². The highest BCUT2D eigenvalue weighted by Crippen LogP contribution is 2.26. The zero-order chi connectivity index (χ0) is 17.0. The summed E-state index contributed by atoms with van der Waals surface area (Å²) in [5.41, 5.74) is 8.60. The van der Waals surface area contributed by atoms with Gasteiger partial charge < -0.3 is 15.8 Å². The number of carbonyl (C=O) groups is 1. The van der Waals surface area contributed by atoms with E-state index in [2.05, 4.69) is 10.3 Å². The molecule has 0 aliphatic carbocycles. The van der Waals surface area contributed by atoms with Gasteiger partial charge >= 0.3 is 0 Å². The second kappa shape index (κ2) is 7.24. The quantitative estimate of drug-likeness (QED) is 0.886. The molecule has 3 N–H and O–H groups in total. The van der Waals surface area contributed by atoms with Crippen molar-refractivity contribution < 1.29 is 9.53 Å². The van der Waals surface area contributed by atoms with E-state index in [-0.39, 0.29) is 17.9 Å². The number of aromatic nitrogens is 1. The Kier molecular flexibility index (Phi) is 5.34. The van der Waals surface area contributed by atoms with Gasteiger partial charge in [-0.1, -0.05) is 19.1 Å². The van der Waals surface area contributed by atoms with Gasteiger partial charge in [0.05, 0.1) is 17.8 Å². The van der Waals surface area contributed by atoms with Gasteiger partial charge in [-0.3, -0.25) is 4.79 Å². The van der Waals surface area contributed by atoms with E-state index in [1.165, 1.54) is 0 Å². The van der Waals surface area contributed by atoms with E-state index in [1.54, 1.807) is 25.3 Å². The molecule has 1 aromatic heterocycles. The first-order valence-electron chi connectivity index (χ1n) is 7.65. The van der Waals surface area contributed by atoms with Gasteiger partial charge in [0.25, 0.3) is 0 Å². The Morgan fingerprint density at radius 3 is 2.57 bits per heavy atom. The van der Waals surface area contributed by atoms with Crippen LogP contribution in [0.15, 0.2) is 36.5 Å². The molecule has 0 fully saturated rings. The van der Waals surface area contributed by atoms with Crippen molar-refractivity contribution in [1.29, 1.82) is 0 Å². The summed E-state index contributed by atoms with van der Waals surface area (Å²) >= 11 is 0. The molecule has 2 rings (SSSR count). The minimum Gasteiger partial charge on any atom is -0.439 e. The molecule has 0 spiro atoms. The average molecular weight is 313 g/mol. The first-order valence-corrected chi connectivity index (χ1v) is 7.65. The fourth-order valence-corrected chi connectivity index (χ4v) is 1.96. The summed E-state index contributed by atoms with van der Waals surface area (Å²) in [7, 11) is 0. The fraction of sp³-hybridized carbons (Fsp3) is 0.333. The Balaban J connectivity index is 2.05. The predicted octanol–water partition coefficient (Wildman–Crippen LogP) is 3.41. The van der Waals surface area contributed by atoms with Gasteiger partial charge in [0.2, 0.25) is 11.8 Å². The van der Waals surface area contributed by atoms with Crippen LogP contribution in [0, 0.1) is 19.8 Å². The van der Waals surface area contributed by atoms with E-state index in [0.29, 0.717) is 11.6 Å². The molecular weight excluding hydrogens is 290 g/mol. The summed E-state index contributed by atoms with van der Waals surface area (Å²) in [6.45, 7) is 7.65. The van der Waals surface area contributed by atoms with Gasteiger partial charge in [0.1, 0.15) is 5.75 Å². The SMILES string of the molecule is Cc1cccc(Oc2ccc(NC(=O)C(C)C(C)N)cn2)c1C. The summed E-state index contributed by atoms with van der Waals surface area (Å²) in [5.74, 6) is 0.877. The second-order valence-electron chi connectivity index (χ2n) is 5.82. The third-order valence-electron chi connectivity index (χ3n) is 3.98. The van der Waals surface area contributed by atoms with Gasteiger partial charge in [-0.05, 0) is 44.0 Å². The number of ether oxygens (including phenoxy) is 1. The number of hydrogen-bond donors (Lipinski definition) is 2. The lowest BCUT2D eigenvalue weighted by Crippen LogP contribution is -2.34. The average Bonchev–Trinajstić information content (AvgIpc) is 2.52. The van der Waals surface area contributed by atoms with Crippen LogP contribution in [-0.2, 0) is 4.79 Å². The predicted molar refractivity (Wildman–Crippen MR) is 91.7 cm³/mol.